The van der Waals surface area contributed by atoms with Crippen molar-refractivity contribution in [3.05, 3.63) is 68.1 Å². The number of nitrogens with zero attached hydrogens (tertiary/aromatic N) is 3. The second kappa shape index (κ2) is 8.76. The van der Waals surface area contributed by atoms with Gasteiger partial charge in [0.1, 0.15) is 11.0 Å². The van der Waals surface area contributed by atoms with Crippen LogP contribution in [0.2, 0.25) is 0 Å². The van der Waals surface area contributed by atoms with Gasteiger partial charge in [0, 0.05) is 24.8 Å². The first-order chi connectivity index (χ1) is 13.9. The van der Waals surface area contributed by atoms with Crippen molar-refractivity contribution in [2.24, 2.45) is 5.92 Å². The van der Waals surface area contributed by atoms with E-state index in [1.54, 1.807) is 6.92 Å². The van der Waals surface area contributed by atoms with Gasteiger partial charge in [0.2, 0.25) is 0 Å². The van der Waals surface area contributed by atoms with E-state index in [1.165, 1.54) is 40.2 Å². The summed E-state index contributed by atoms with van der Waals surface area (Å²) in [5, 5.41) is -0.171. The molecule has 6 nitrogen and oxygen atoms in total. The van der Waals surface area contributed by atoms with Gasteiger partial charge in [-0.1, -0.05) is 38.3 Å². The minimum atomic E-state index is -1.45. The Balaban J connectivity index is 2.35. The zero-order valence-electron chi connectivity index (χ0n) is 16.9. The maximum Gasteiger partial charge on any atom is 0.333 e. The molecule has 0 bridgehead atoms. The average Bonchev–Trinajstić information content (AvgIpc) is 3.52. The maximum atomic E-state index is 15.1. The van der Waals surface area contributed by atoms with E-state index in [0.29, 0.717) is 12.1 Å². The highest BCUT2D eigenvalue weighted by Gasteiger charge is 2.24. The molecule has 7 heteroatoms. The molecular weight excluding hydrogens is 373 g/mol. The van der Waals surface area contributed by atoms with Crippen LogP contribution in [0.1, 0.15) is 51.0 Å². The molecule has 1 fully saturated rings. The molecule has 1 aliphatic carbocycles. The molecule has 1 atom stereocenters. The molecule has 1 saturated carbocycles. The zero-order valence-corrected chi connectivity index (χ0v) is 16.9. The Hall–Kier alpha value is -2.70. The normalized spacial score (nSPS) is 14.8. The van der Waals surface area contributed by atoms with Crippen LogP contribution in [0.25, 0.3) is 11.0 Å². The Morgan fingerprint density at radius 2 is 1.83 bits per heavy atom. The van der Waals surface area contributed by atoms with Crippen LogP contribution in [0, 0.1) is 5.92 Å². The summed E-state index contributed by atoms with van der Waals surface area (Å²) in [7, 11) is 0. The average molecular weight is 401 g/mol. The number of fused-ring (bicyclic) bond motifs is 1. The molecule has 156 valence electrons. The molecule has 0 aromatic carbocycles. The van der Waals surface area contributed by atoms with Crippen LogP contribution < -0.4 is 16.7 Å². The number of allylic oxidation sites excluding steroid dienone is 2. The molecule has 2 aromatic heterocycles. The summed E-state index contributed by atoms with van der Waals surface area (Å²) in [6.45, 7) is 8.97. The third-order valence-electron chi connectivity index (χ3n) is 5.46. The van der Waals surface area contributed by atoms with Gasteiger partial charge in [0.25, 0.3) is 5.56 Å². The molecule has 0 N–H and O–H groups in total. The molecule has 0 aliphatic heterocycles. The van der Waals surface area contributed by atoms with Crippen LogP contribution in [0.5, 0.6) is 0 Å². The molecule has 0 amide bonds. The molecule has 0 spiro atoms. The van der Waals surface area contributed by atoms with E-state index in [0.717, 1.165) is 23.3 Å². The van der Waals surface area contributed by atoms with E-state index in [-0.39, 0.29) is 30.5 Å². The summed E-state index contributed by atoms with van der Waals surface area (Å²) in [5.41, 5.74) is -1.23. The smallest absolute Gasteiger partial charge is 0.299 e. The van der Waals surface area contributed by atoms with Gasteiger partial charge in [0.15, 0.2) is 11.7 Å². The van der Waals surface area contributed by atoms with Gasteiger partial charge >= 0.3 is 5.69 Å². The monoisotopic (exact) mass is 401 g/mol. The van der Waals surface area contributed by atoms with Crippen molar-refractivity contribution in [3.8, 4) is 0 Å². The number of hydrogen-bond donors (Lipinski definition) is 0. The summed E-state index contributed by atoms with van der Waals surface area (Å²) in [5.74, 6) is 0.730. The van der Waals surface area contributed by atoms with Crippen LogP contribution in [-0.2, 0) is 19.5 Å². The van der Waals surface area contributed by atoms with Crippen LogP contribution >= 0.6 is 0 Å². The van der Waals surface area contributed by atoms with Crippen LogP contribution in [0.3, 0.4) is 0 Å². The van der Waals surface area contributed by atoms with Crippen molar-refractivity contribution in [1.82, 2.24) is 13.7 Å². The Morgan fingerprint density at radius 3 is 2.41 bits per heavy atom. The van der Waals surface area contributed by atoms with Crippen LogP contribution in [-0.4, -0.2) is 13.7 Å². The number of pyridine rings is 1. The first-order valence-electron chi connectivity index (χ1n) is 10.2. The first kappa shape index (κ1) is 21.0. The molecular formula is C22H28FN3O3. The summed E-state index contributed by atoms with van der Waals surface area (Å²) in [6, 6.07) is 1.36. The maximum absolute atomic E-state index is 15.1. The van der Waals surface area contributed by atoms with Gasteiger partial charge < -0.3 is 0 Å². The molecule has 29 heavy (non-hydrogen) atoms. The Kier molecular flexibility index (Phi) is 6.35. The summed E-state index contributed by atoms with van der Waals surface area (Å²) < 4.78 is 18.7. The minimum absolute atomic E-state index is 0.0276. The highest BCUT2D eigenvalue weighted by molar-refractivity contribution is 5.75. The Morgan fingerprint density at radius 1 is 1.17 bits per heavy atom. The second-order valence-electron chi connectivity index (χ2n) is 7.63. The first-order valence-corrected chi connectivity index (χ1v) is 10.2. The van der Waals surface area contributed by atoms with Gasteiger partial charge in [-0.15, -0.1) is 13.2 Å². The fourth-order valence-electron chi connectivity index (χ4n) is 3.83. The van der Waals surface area contributed by atoms with Gasteiger partial charge in [-0.2, -0.15) is 0 Å². The Bertz CT molecular complexity index is 1110. The van der Waals surface area contributed by atoms with Crippen molar-refractivity contribution in [3.63, 3.8) is 0 Å². The van der Waals surface area contributed by atoms with Gasteiger partial charge in [-0.05, 0) is 25.2 Å². The fourth-order valence-corrected chi connectivity index (χ4v) is 3.83. The topological polar surface area (TPSA) is 66.0 Å². The summed E-state index contributed by atoms with van der Waals surface area (Å²) >= 11 is 0. The molecule has 0 radical (unpaired) electrons. The lowest BCUT2D eigenvalue weighted by molar-refractivity contribution is 0.231. The third-order valence-corrected chi connectivity index (χ3v) is 5.46. The SMILES string of the molecule is C=CCn1c(=O)c2c(=O)cc(CCCC3CC3)n(C(F)CC)c2n(CC=C)c1=O. The van der Waals surface area contributed by atoms with E-state index in [4.69, 9.17) is 0 Å². The third kappa shape index (κ3) is 4.04. The predicted octanol–water partition coefficient (Wildman–Crippen LogP) is 3.31. The highest BCUT2D eigenvalue weighted by atomic mass is 19.1. The van der Waals surface area contributed by atoms with E-state index in [2.05, 4.69) is 13.2 Å². The van der Waals surface area contributed by atoms with Gasteiger partial charge in [0.05, 0.1) is 0 Å². The number of rotatable bonds is 10. The van der Waals surface area contributed by atoms with E-state index < -0.39 is 23.0 Å². The van der Waals surface area contributed by atoms with E-state index >= 15 is 4.39 Å². The van der Waals surface area contributed by atoms with Crippen LogP contribution in [0.4, 0.5) is 4.39 Å². The van der Waals surface area contributed by atoms with Gasteiger partial charge in [-0.3, -0.25) is 23.3 Å². The van der Waals surface area contributed by atoms with Crippen molar-refractivity contribution >= 4 is 11.0 Å². The number of alkyl halides is 1. The zero-order chi connectivity index (χ0) is 21.1. The number of hydrogen-bond acceptors (Lipinski definition) is 3. The predicted molar refractivity (Wildman–Crippen MR) is 113 cm³/mol. The van der Waals surface area contributed by atoms with Crippen molar-refractivity contribution < 1.29 is 4.39 Å². The van der Waals surface area contributed by atoms with Crippen molar-refractivity contribution in [1.29, 1.82) is 0 Å². The molecule has 0 saturated heterocycles. The molecule has 1 aliphatic rings. The van der Waals surface area contributed by atoms with Crippen LogP contribution in [0.15, 0.2) is 45.8 Å². The molecule has 2 heterocycles. The molecule has 2 aromatic rings. The van der Waals surface area contributed by atoms with Gasteiger partial charge in [-0.25, -0.2) is 9.18 Å². The number of aryl methyl sites for hydroxylation is 1. The largest absolute Gasteiger partial charge is 0.333 e. The second-order valence-corrected chi connectivity index (χ2v) is 7.63. The fraction of sp³-hybridized carbons (Fsp3) is 0.500. The number of halogens is 1. The number of aromatic nitrogens is 3. The minimum Gasteiger partial charge on any atom is -0.299 e. The molecule has 3 rings (SSSR count). The lowest BCUT2D eigenvalue weighted by atomic mass is 10.1. The summed E-state index contributed by atoms with van der Waals surface area (Å²) in [4.78, 5) is 38.8. The standard InChI is InChI=1S/C22H28FN3O3/c1-4-12-24-20-19(21(28)25(13-5-2)22(24)29)17(27)14-16(26(20)18(23)6-3)9-7-8-15-10-11-15/h4-5,14-15,18H,1-2,6-13H2,3H3. The highest BCUT2D eigenvalue weighted by Crippen LogP contribution is 2.34. The lowest BCUT2D eigenvalue weighted by Gasteiger charge is -2.22. The lowest BCUT2D eigenvalue weighted by Crippen LogP contribution is -2.43. The molecule has 1 unspecified atom stereocenters. The van der Waals surface area contributed by atoms with Crippen molar-refractivity contribution in [2.75, 3.05) is 0 Å². The van der Waals surface area contributed by atoms with Crippen molar-refractivity contribution in [2.45, 2.75) is 64.8 Å². The quantitative estimate of drug-likeness (QED) is 0.574. The van der Waals surface area contributed by atoms with E-state index in [9.17, 15) is 14.4 Å². The Labute approximate surface area is 168 Å². The summed E-state index contributed by atoms with van der Waals surface area (Å²) in [6.07, 6.45) is 6.49. The van der Waals surface area contributed by atoms with E-state index in [1.807, 2.05) is 0 Å².